The van der Waals surface area contributed by atoms with Crippen LogP contribution in [0.3, 0.4) is 0 Å². The molecule has 0 radical (unpaired) electrons. The molecule has 0 heterocycles. The number of nitrogens with two attached hydrogens (primary N) is 3. The highest BCUT2D eigenvalue weighted by Gasteiger charge is 2.19. The van der Waals surface area contributed by atoms with Gasteiger partial charge >= 0.3 is 8.25 Å². The SMILES string of the molecule is CC(N)(N)C(N)CO.O=[P+](O)O. The lowest BCUT2D eigenvalue weighted by molar-refractivity contribution is 0.216. The van der Waals surface area contributed by atoms with E-state index >= 15 is 0 Å². The number of hydrogen-bond donors (Lipinski definition) is 6. The molecule has 12 heavy (non-hydrogen) atoms. The lowest BCUT2D eigenvalue weighted by atomic mass is 10.1. The zero-order valence-electron chi connectivity index (χ0n) is 6.71. The molecule has 74 valence electrons. The minimum atomic E-state index is -2.87. The average Bonchev–Trinajstić information content (AvgIpc) is 1.82. The maximum atomic E-state index is 8.70. The van der Waals surface area contributed by atoms with Gasteiger partial charge in [-0.25, -0.2) is 0 Å². The molecule has 0 aromatic rings. The molecule has 1 atom stereocenters. The summed E-state index contributed by atoms with van der Waals surface area (Å²) in [6.07, 6.45) is 0. The van der Waals surface area contributed by atoms with Gasteiger partial charge in [-0.2, -0.15) is 0 Å². The molecule has 0 spiro atoms. The Hall–Kier alpha value is -0.140. The van der Waals surface area contributed by atoms with Crippen LogP contribution in [0.25, 0.3) is 0 Å². The third-order valence-corrected chi connectivity index (χ3v) is 0.996. The van der Waals surface area contributed by atoms with Crippen molar-refractivity contribution in [3.8, 4) is 0 Å². The summed E-state index contributed by atoms with van der Waals surface area (Å²) < 4.78 is 8.70. The van der Waals surface area contributed by atoms with Crippen molar-refractivity contribution in [2.45, 2.75) is 18.6 Å². The van der Waals surface area contributed by atoms with Crippen LogP contribution in [0, 0.1) is 0 Å². The predicted molar refractivity (Wildman–Crippen MR) is 43.9 cm³/mol. The Balaban J connectivity index is 0. The topological polar surface area (TPSA) is 156 Å². The molecule has 0 aliphatic carbocycles. The first-order chi connectivity index (χ1) is 5.21. The zero-order valence-corrected chi connectivity index (χ0v) is 7.61. The Bertz CT molecular complexity index is 133. The van der Waals surface area contributed by atoms with Gasteiger partial charge in [0.05, 0.1) is 18.3 Å². The van der Waals surface area contributed by atoms with Gasteiger partial charge in [0.15, 0.2) is 0 Å². The molecule has 0 amide bonds. The van der Waals surface area contributed by atoms with Crippen LogP contribution >= 0.6 is 8.25 Å². The van der Waals surface area contributed by atoms with Crippen LogP contribution < -0.4 is 17.2 Å². The van der Waals surface area contributed by atoms with E-state index in [1.807, 2.05) is 0 Å². The van der Waals surface area contributed by atoms with Gasteiger partial charge in [-0.3, -0.25) is 0 Å². The maximum absolute atomic E-state index is 8.70. The van der Waals surface area contributed by atoms with Gasteiger partial charge in [-0.1, -0.05) is 0 Å². The van der Waals surface area contributed by atoms with Gasteiger partial charge in [0.1, 0.15) is 0 Å². The van der Waals surface area contributed by atoms with Crippen LogP contribution in [0.5, 0.6) is 0 Å². The van der Waals surface area contributed by atoms with Gasteiger partial charge in [-0.15, -0.1) is 9.79 Å². The number of aliphatic hydroxyl groups is 1. The molecular formula is C4H15N3O4P+. The number of hydrogen-bond acceptors (Lipinski definition) is 5. The smallest absolute Gasteiger partial charge is 0.395 e. The van der Waals surface area contributed by atoms with E-state index in [9.17, 15) is 0 Å². The Morgan fingerprint density at radius 2 is 1.75 bits per heavy atom. The van der Waals surface area contributed by atoms with Crippen molar-refractivity contribution in [3.05, 3.63) is 0 Å². The van der Waals surface area contributed by atoms with Crippen LogP contribution in [0.1, 0.15) is 6.92 Å². The summed E-state index contributed by atoms with van der Waals surface area (Å²) in [6.45, 7) is 1.39. The summed E-state index contributed by atoms with van der Waals surface area (Å²) in [5.41, 5.74) is 14.9. The second-order valence-corrected chi connectivity index (χ2v) is 2.91. The molecule has 0 fully saturated rings. The molecule has 0 aliphatic rings. The van der Waals surface area contributed by atoms with E-state index in [1.54, 1.807) is 6.92 Å². The van der Waals surface area contributed by atoms with Gasteiger partial charge < -0.3 is 22.3 Å². The third kappa shape index (κ3) is 12.5. The van der Waals surface area contributed by atoms with Crippen molar-refractivity contribution in [2.75, 3.05) is 6.61 Å². The summed E-state index contributed by atoms with van der Waals surface area (Å²) in [6, 6.07) is -0.539. The first-order valence-electron chi connectivity index (χ1n) is 3.01. The molecular weight excluding hydrogens is 185 g/mol. The Kier molecular flexibility index (Phi) is 7.65. The lowest BCUT2D eigenvalue weighted by Gasteiger charge is -2.24. The first-order valence-corrected chi connectivity index (χ1v) is 4.17. The van der Waals surface area contributed by atoms with Crippen molar-refractivity contribution in [3.63, 3.8) is 0 Å². The quantitative estimate of drug-likeness (QED) is 0.214. The largest absolute Gasteiger partial charge is 0.692 e. The van der Waals surface area contributed by atoms with E-state index in [0.717, 1.165) is 0 Å². The fourth-order valence-corrected chi connectivity index (χ4v) is 0.197. The molecule has 0 saturated heterocycles. The van der Waals surface area contributed by atoms with Crippen molar-refractivity contribution < 1.29 is 19.5 Å². The fraction of sp³-hybridized carbons (Fsp3) is 1.00. The molecule has 9 N–H and O–H groups in total. The summed E-state index contributed by atoms with van der Waals surface area (Å²) in [7, 11) is -2.87. The highest BCUT2D eigenvalue weighted by molar-refractivity contribution is 7.30. The second-order valence-electron chi connectivity index (χ2n) is 2.41. The van der Waals surface area contributed by atoms with Gasteiger partial charge in [0.2, 0.25) is 0 Å². The zero-order chi connectivity index (χ0) is 10.4. The molecule has 0 aliphatic heterocycles. The van der Waals surface area contributed by atoms with Crippen LogP contribution in [0.4, 0.5) is 0 Å². The highest BCUT2D eigenvalue weighted by atomic mass is 31.1. The normalized spacial score (nSPS) is 12.9. The van der Waals surface area contributed by atoms with Crippen molar-refractivity contribution in [1.29, 1.82) is 0 Å². The van der Waals surface area contributed by atoms with E-state index in [1.165, 1.54) is 0 Å². The molecule has 0 bridgehead atoms. The van der Waals surface area contributed by atoms with Crippen LogP contribution in [-0.2, 0) is 4.57 Å². The van der Waals surface area contributed by atoms with Crippen molar-refractivity contribution >= 4 is 8.25 Å². The molecule has 0 aromatic heterocycles. The van der Waals surface area contributed by atoms with Crippen molar-refractivity contribution in [1.82, 2.24) is 0 Å². The predicted octanol–water partition coefficient (Wildman–Crippen LogP) is -2.43. The van der Waals surface area contributed by atoms with Gasteiger partial charge in [0, 0.05) is 4.57 Å². The fourth-order valence-electron chi connectivity index (χ4n) is 0.197. The molecule has 1 unspecified atom stereocenters. The highest BCUT2D eigenvalue weighted by Crippen LogP contribution is 1.98. The standard InChI is InChI=1S/C4H13N3O.HO3P/c1-4(6,7)3(5)2-8;1-4(2)3/h3,8H,2,5-7H2,1H3;(H-,1,2,3)/p+1. The van der Waals surface area contributed by atoms with E-state index in [-0.39, 0.29) is 6.61 Å². The van der Waals surface area contributed by atoms with E-state index in [0.29, 0.717) is 0 Å². The summed E-state index contributed by atoms with van der Waals surface area (Å²) in [5.74, 6) is 0. The van der Waals surface area contributed by atoms with E-state index in [2.05, 4.69) is 0 Å². The van der Waals surface area contributed by atoms with Gasteiger partial charge in [-0.05, 0) is 6.92 Å². The van der Waals surface area contributed by atoms with Crippen LogP contribution in [0.2, 0.25) is 0 Å². The Labute approximate surface area is 71.1 Å². The monoisotopic (exact) mass is 200 g/mol. The third-order valence-electron chi connectivity index (χ3n) is 0.996. The van der Waals surface area contributed by atoms with E-state index in [4.69, 9.17) is 36.7 Å². The van der Waals surface area contributed by atoms with Crippen LogP contribution in [0.15, 0.2) is 0 Å². The summed E-state index contributed by atoms with van der Waals surface area (Å²) in [4.78, 5) is 14.2. The number of rotatable bonds is 2. The lowest BCUT2D eigenvalue weighted by Crippen LogP contribution is -2.61. The minimum Gasteiger partial charge on any atom is -0.395 e. The van der Waals surface area contributed by atoms with Gasteiger partial charge in [0.25, 0.3) is 0 Å². The molecule has 7 nitrogen and oxygen atoms in total. The maximum Gasteiger partial charge on any atom is 0.692 e. The number of aliphatic hydroxyl groups excluding tert-OH is 1. The van der Waals surface area contributed by atoms with Crippen molar-refractivity contribution in [2.24, 2.45) is 17.2 Å². The second kappa shape index (κ2) is 6.38. The summed E-state index contributed by atoms with van der Waals surface area (Å²) >= 11 is 0. The minimum absolute atomic E-state index is 0.177. The van der Waals surface area contributed by atoms with Crippen LogP contribution in [-0.4, -0.2) is 33.2 Å². The molecule has 0 aromatic carbocycles. The molecule has 0 saturated carbocycles. The molecule has 0 rings (SSSR count). The van der Waals surface area contributed by atoms with E-state index < -0.39 is 20.0 Å². The summed E-state index contributed by atoms with van der Waals surface area (Å²) in [5, 5.41) is 8.39. The average molecular weight is 200 g/mol. The first kappa shape index (κ1) is 14.4. The Morgan fingerprint density at radius 3 is 1.75 bits per heavy atom. The Morgan fingerprint density at radius 1 is 1.50 bits per heavy atom. The molecule has 8 heteroatoms.